The van der Waals surface area contributed by atoms with Crippen molar-refractivity contribution in [2.75, 3.05) is 0 Å². The second kappa shape index (κ2) is 3.43. The van der Waals surface area contributed by atoms with Gasteiger partial charge in [0.25, 0.3) is 5.91 Å². The monoisotopic (exact) mass is 243 g/mol. The topological polar surface area (TPSA) is 83.7 Å². The normalized spacial score (nSPS) is 15.1. The van der Waals surface area contributed by atoms with Crippen LogP contribution in [-0.2, 0) is 11.8 Å². The van der Waals surface area contributed by atoms with Crippen LogP contribution in [-0.4, -0.2) is 27.3 Å². The number of hydrogen-bond donors (Lipinski definition) is 2. The van der Waals surface area contributed by atoms with Crippen molar-refractivity contribution in [2.45, 2.75) is 0 Å². The second-order valence-corrected chi connectivity index (χ2v) is 3.99. The molecule has 3 amide bonds. The molecule has 1 aliphatic heterocycles. The third-order valence-electron chi connectivity index (χ3n) is 2.95. The molecule has 1 aromatic heterocycles. The van der Waals surface area contributed by atoms with Crippen LogP contribution in [0, 0.1) is 0 Å². The fourth-order valence-electron chi connectivity index (χ4n) is 2.14. The summed E-state index contributed by atoms with van der Waals surface area (Å²) in [5, 5.41) is 12.8. The Bertz CT molecular complexity index is 688. The first-order chi connectivity index (χ1) is 8.59. The summed E-state index contributed by atoms with van der Waals surface area (Å²) in [6.45, 7) is 0. The highest BCUT2D eigenvalue weighted by Crippen LogP contribution is 2.32. The number of benzene rings is 1. The fourth-order valence-corrected chi connectivity index (χ4v) is 2.14. The molecule has 0 fully saturated rings. The molecule has 2 aromatic rings. The Hall–Kier alpha value is -2.63. The molecule has 0 aliphatic carbocycles. The second-order valence-electron chi connectivity index (χ2n) is 3.99. The van der Waals surface area contributed by atoms with Crippen LogP contribution in [0.5, 0.6) is 5.75 Å². The van der Waals surface area contributed by atoms with Gasteiger partial charge in [-0.3, -0.25) is 10.1 Å². The molecular weight excluding hydrogens is 234 g/mol. The molecule has 0 saturated heterocycles. The highest BCUT2D eigenvalue weighted by atomic mass is 16.3. The number of urea groups is 1. The van der Waals surface area contributed by atoms with E-state index in [1.165, 1.54) is 0 Å². The molecule has 0 spiro atoms. The number of aliphatic imine (C=N–C) groups is 1. The zero-order chi connectivity index (χ0) is 12.9. The molecule has 3 rings (SSSR count). The van der Waals surface area contributed by atoms with E-state index in [1.54, 1.807) is 23.7 Å². The van der Waals surface area contributed by atoms with Gasteiger partial charge in [-0.05, 0) is 12.1 Å². The van der Waals surface area contributed by atoms with E-state index in [0.29, 0.717) is 5.39 Å². The molecular formula is C12H9N3O3. The van der Waals surface area contributed by atoms with Crippen LogP contribution in [0.3, 0.4) is 0 Å². The molecule has 1 aromatic carbocycles. The Morgan fingerprint density at radius 2 is 2.00 bits per heavy atom. The molecule has 0 bridgehead atoms. The van der Waals surface area contributed by atoms with Crippen molar-refractivity contribution in [3.63, 3.8) is 0 Å². The van der Waals surface area contributed by atoms with Gasteiger partial charge in [0.05, 0.1) is 5.52 Å². The Kier molecular flexibility index (Phi) is 2.00. The summed E-state index contributed by atoms with van der Waals surface area (Å²) in [6, 6.07) is 6.46. The standard InChI is InChI=1S/C12H9N3O3/c1-15-7-5-3-2-4-6(7)10(16)9(15)8-11(17)14-12(18)13-8/h2-5,16H,1H3,(H,14,17,18). The van der Waals surface area contributed by atoms with Gasteiger partial charge in [0.15, 0.2) is 11.5 Å². The first-order valence-electron chi connectivity index (χ1n) is 5.30. The van der Waals surface area contributed by atoms with Crippen molar-refractivity contribution in [2.24, 2.45) is 12.0 Å². The van der Waals surface area contributed by atoms with Gasteiger partial charge in [0.1, 0.15) is 5.69 Å². The number of nitrogens with one attached hydrogen (secondary N) is 1. The number of rotatable bonds is 1. The number of fused-ring (bicyclic) bond motifs is 1. The van der Waals surface area contributed by atoms with Crippen molar-refractivity contribution >= 4 is 28.6 Å². The maximum absolute atomic E-state index is 11.6. The Balaban J connectivity index is 2.34. The number of carbonyl (C=O) groups is 2. The predicted octanol–water partition coefficient (Wildman–Crippen LogP) is 0.923. The average molecular weight is 243 g/mol. The van der Waals surface area contributed by atoms with Crippen molar-refractivity contribution < 1.29 is 14.7 Å². The average Bonchev–Trinajstić information content (AvgIpc) is 2.79. The first-order valence-corrected chi connectivity index (χ1v) is 5.30. The van der Waals surface area contributed by atoms with Crippen LogP contribution in [0.25, 0.3) is 10.9 Å². The number of aromatic hydroxyl groups is 1. The molecule has 2 heterocycles. The number of aryl methyl sites for hydroxylation is 1. The van der Waals surface area contributed by atoms with Gasteiger partial charge in [0.2, 0.25) is 0 Å². The molecule has 90 valence electrons. The Morgan fingerprint density at radius 3 is 2.61 bits per heavy atom. The van der Waals surface area contributed by atoms with Crippen molar-refractivity contribution in [3.05, 3.63) is 30.0 Å². The van der Waals surface area contributed by atoms with Crippen LogP contribution >= 0.6 is 0 Å². The predicted molar refractivity (Wildman–Crippen MR) is 64.7 cm³/mol. The van der Waals surface area contributed by atoms with Crippen LogP contribution < -0.4 is 5.32 Å². The number of aromatic nitrogens is 1. The van der Waals surface area contributed by atoms with Gasteiger partial charge in [-0.1, -0.05) is 12.1 Å². The van der Waals surface area contributed by atoms with E-state index < -0.39 is 11.9 Å². The smallest absolute Gasteiger partial charge is 0.348 e. The third-order valence-corrected chi connectivity index (χ3v) is 2.95. The first kappa shape index (κ1) is 10.5. The molecule has 6 nitrogen and oxygen atoms in total. The fraction of sp³-hybridized carbons (Fsp3) is 0.0833. The number of nitrogens with zero attached hydrogens (tertiary/aromatic N) is 2. The van der Waals surface area contributed by atoms with Crippen LogP contribution in [0.15, 0.2) is 29.3 Å². The minimum Gasteiger partial charge on any atom is -0.505 e. The highest BCUT2D eigenvalue weighted by Gasteiger charge is 2.30. The molecule has 0 radical (unpaired) electrons. The van der Waals surface area contributed by atoms with Gasteiger partial charge in [-0.15, -0.1) is 0 Å². The van der Waals surface area contributed by atoms with Crippen molar-refractivity contribution in [3.8, 4) is 5.75 Å². The number of amides is 3. The van der Waals surface area contributed by atoms with Crippen molar-refractivity contribution in [1.29, 1.82) is 0 Å². The summed E-state index contributed by atoms with van der Waals surface area (Å²) in [4.78, 5) is 26.2. The third kappa shape index (κ3) is 1.26. The number of para-hydroxylation sites is 1. The van der Waals surface area contributed by atoms with Crippen LogP contribution in [0.4, 0.5) is 4.79 Å². The zero-order valence-electron chi connectivity index (χ0n) is 9.47. The molecule has 2 N–H and O–H groups in total. The van der Waals surface area contributed by atoms with Crippen LogP contribution in [0.1, 0.15) is 5.69 Å². The van der Waals surface area contributed by atoms with Crippen LogP contribution in [0.2, 0.25) is 0 Å². The molecule has 0 saturated carbocycles. The summed E-state index contributed by atoms with van der Waals surface area (Å²) >= 11 is 0. The van der Waals surface area contributed by atoms with E-state index in [1.807, 2.05) is 12.1 Å². The lowest BCUT2D eigenvalue weighted by atomic mass is 10.2. The summed E-state index contributed by atoms with van der Waals surface area (Å²) in [7, 11) is 1.70. The van der Waals surface area contributed by atoms with E-state index >= 15 is 0 Å². The van der Waals surface area contributed by atoms with Crippen molar-refractivity contribution in [1.82, 2.24) is 9.88 Å². The van der Waals surface area contributed by atoms with Gasteiger partial charge < -0.3 is 9.67 Å². The summed E-state index contributed by atoms with van der Waals surface area (Å²) in [5.74, 6) is -0.641. The van der Waals surface area contributed by atoms with E-state index in [2.05, 4.69) is 10.3 Å². The number of carbonyl (C=O) groups excluding carboxylic acids is 2. The maximum Gasteiger partial charge on any atom is 0.348 e. The lowest BCUT2D eigenvalue weighted by Crippen LogP contribution is -2.26. The summed E-state index contributed by atoms with van der Waals surface area (Å²) in [5.41, 5.74) is 0.954. The highest BCUT2D eigenvalue weighted by molar-refractivity contribution is 6.52. The van der Waals surface area contributed by atoms with E-state index in [-0.39, 0.29) is 17.2 Å². The molecule has 18 heavy (non-hydrogen) atoms. The number of imide groups is 1. The minimum atomic E-state index is -0.709. The van der Waals surface area contributed by atoms with Gasteiger partial charge in [-0.25, -0.2) is 4.79 Å². The molecule has 0 unspecified atom stereocenters. The lowest BCUT2D eigenvalue weighted by Gasteiger charge is -2.01. The quantitative estimate of drug-likeness (QED) is 0.781. The SMILES string of the molecule is Cn1c(C2=NC(=O)NC2=O)c(O)c2ccccc21. The van der Waals surface area contributed by atoms with Gasteiger partial charge in [0, 0.05) is 12.4 Å². The Labute approximate surface area is 102 Å². The van der Waals surface area contributed by atoms with E-state index in [0.717, 1.165) is 5.52 Å². The van der Waals surface area contributed by atoms with E-state index in [4.69, 9.17) is 0 Å². The lowest BCUT2D eigenvalue weighted by molar-refractivity contribution is -0.113. The maximum atomic E-state index is 11.6. The Morgan fingerprint density at radius 1 is 1.28 bits per heavy atom. The van der Waals surface area contributed by atoms with E-state index in [9.17, 15) is 14.7 Å². The molecule has 6 heteroatoms. The van der Waals surface area contributed by atoms with Gasteiger partial charge >= 0.3 is 6.03 Å². The largest absolute Gasteiger partial charge is 0.505 e. The summed E-state index contributed by atoms with van der Waals surface area (Å²) < 4.78 is 1.64. The zero-order valence-corrected chi connectivity index (χ0v) is 9.47. The minimum absolute atomic E-state index is 0.0447. The summed E-state index contributed by atoms with van der Waals surface area (Å²) in [6.07, 6.45) is 0. The van der Waals surface area contributed by atoms with Gasteiger partial charge in [-0.2, -0.15) is 4.99 Å². The molecule has 1 aliphatic rings. The number of hydrogen-bond acceptors (Lipinski definition) is 3. The molecule has 0 atom stereocenters.